The van der Waals surface area contributed by atoms with Crippen molar-refractivity contribution in [1.82, 2.24) is 0 Å². The minimum absolute atomic E-state index is 0.0745. The molecular weight excluding hydrogens is 250 g/mol. The molecule has 6 nitrogen and oxygen atoms in total. The molecule has 0 radical (unpaired) electrons. The van der Waals surface area contributed by atoms with Gasteiger partial charge in [0, 0.05) is 25.5 Å². The zero-order chi connectivity index (χ0) is 14.0. The highest BCUT2D eigenvalue weighted by Crippen LogP contribution is 2.30. The number of amides is 1. The van der Waals surface area contributed by atoms with Crippen molar-refractivity contribution in [2.45, 2.75) is 6.42 Å². The molecule has 1 amide bonds. The zero-order valence-corrected chi connectivity index (χ0v) is 10.5. The maximum Gasteiger partial charge on any atom is 0.340 e. The number of aliphatic hydroxyl groups is 1. The molecule has 19 heavy (non-hydrogen) atoms. The maximum absolute atomic E-state index is 11.9. The average Bonchev–Trinajstić information content (AvgIpc) is 2.79. The van der Waals surface area contributed by atoms with Crippen LogP contribution in [0.3, 0.4) is 0 Å². The number of aliphatic hydroxyl groups excluding tert-OH is 1. The molecule has 1 heterocycles. The minimum atomic E-state index is -0.619. The van der Waals surface area contributed by atoms with E-state index in [2.05, 4.69) is 4.74 Å². The highest BCUT2D eigenvalue weighted by molar-refractivity contribution is 6.04. The third-order valence-electron chi connectivity index (χ3n) is 3.14. The van der Waals surface area contributed by atoms with Gasteiger partial charge in [0.05, 0.1) is 18.4 Å². The summed E-state index contributed by atoms with van der Waals surface area (Å²) in [5.41, 5.74) is 0.528. The van der Waals surface area contributed by atoms with Crippen LogP contribution in [0.2, 0.25) is 0 Å². The molecule has 1 aliphatic heterocycles. The van der Waals surface area contributed by atoms with Gasteiger partial charge in [0.25, 0.3) is 0 Å². The quantitative estimate of drug-likeness (QED) is 0.778. The molecule has 1 aromatic carbocycles. The summed E-state index contributed by atoms with van der Waals surface area (Å²) >= 11 is 0. The number of ether oxygens (including phenoxy) is 1. The molecule has 1 unspecified atom stereocenters. The van der Waals surface area contributed by atoms with Crippen molar-refractivity contribution in [2.75, 3.05) is 25.2 Å². The Kier molecular flexibility index (Phi) is 3.71. The fraction of sp³-hybridized carbons (Fsp3) is 0.385. The van der Waals surface area contributed by atoms with Gasteiger partial charge in [-0.2, -0.15) is 0 Å². The van der Waals surface area contributed by atoms with Gasteiger partial charge in [0.15, 0.2) is 0 Å². The molecular formula is C13H15NO5. The number of benzene rings is 1. The van der Waals surface area contributed by atoms with E-state index < -0.39 is 5.97 Å². The van der Waals surface area contributed by atoms with Gasteiger partial charge in [0.1, 0.15) is 5.75 Å². The molecule has 0 bridgehead atoms. The van der Waals surface area contributed by atoms with Crippen LogP contribution in [0.15, 0.2) is 18.2 Å². The summed E-state index contributed by atoms with van der Waals surface area (Å²) in [6.45, 7) is 0.276. The Morgan fingerprint density at radius 1 is 1.53 bits per heavy atom. The van der Waals surface area contributed by atoms with E-state index in [-0.39, 0.29) is 36.2 Å². The summed E-state index contributed by atoms with van der Waals surface area (Å²) < 4.78 is 4.64. The monoisotopic (exact) mass is 265 g/mol. The molecule has 1 saturated heterocycles. The second kappa shape index (κ2) is 5.27. The highest BCUT2D eigenvalue weighted by atomic mass is 16.5. The predicted molar refractivity (Wildman–Crippen MR) is 67.0 cm³/mol. The van der Waals surface area contributed by atoms with Gasteiger partial charge in [0.2, 0.25) is 5.91 Å². The topological polar surface area (TPSA) is 87.1 Å². The van der Waals surface area contributed by atoms with E-state index in [1.54, 1.807) is 0 Å². The fourth-order valence-electron chi connectivity index (χ4n) is 2.17. The molecule has 1 aromatic rings. The van der Waals surface area contributed by atoms with E-state index in [4.69, 9.17) is 5.11 Å². The number of phenolic OH excluding ortho intramolecular Hbond substituents is 1. The Hall–Kier alpha value is -2.08. The number of aromatic hydroxyl groups is 1. The van der Waals surface area contributed by atoms with Crippen molar-refractivity contribution < 1.29 is 24.5 Å². The first-order valence-electron chi connectivity index (χ1n) is 5.89. The van der Waals surface area contributed by atoms with Crippen LogP contribution < -0.4 is 4.90 Å². The molecule has 1 atom stereocenters. The van der Waals surface area contributed by atoms with E-state index in [1.165, 1.54) is 30.2 Å². The van der Waals surface area contributed by atoms with Gasteiger partial charge in [-0.15, -0.1) is 0 Å². The Labute approximate surface area is 110 Å². The van der Waals surface area contributed by atoms with Gasteiger partial charge in [-0.3, -0.25) is 4.79 Å². The number of esters is 1. The summed E-state index contributed by atoms with van der Waals surface area (Å²) in [7, 11) is 1.23. The van der Waals surface area contributed by atoms with E-state index in [0.29, 0.717) is 12.2 Å². The molecule has 0 aromatic heterocycles. The standard InChI is InChI=1S/C13H15NO5/c1-19-13(18)10-5-9(16)2-3-11(10)14-6-8(7-15)4-12(14)17/h2-3,5,8,15-16H,4,6-7H2,1H3. The van der Waals surface area contributed by atoms with Crippen LogP contribution in [0.4, 0.5) is 5.69 Å². The third-order valence-corrected chi connectivity index (χ3v) is 3.14. The molecule has 0 saturated carbocycles. The number of nitrogens with zero attached hydrogens (tertiary/aromatic N) is 1. The lowest BCUT2D eigenvalue weighted by atomic mass is 10.1. The van der Waals surface area contributed by atoms with Crippen molar-refractivity contribution in [2.24, 2.45) is 5.92 Å². The van der Waals surface area contributed by atoms with E-state index in [1.807, 2.05) is 0 Å². The number of rotatable bonds is 3. The maximum atomic E-state index is 11.9. The summed E-state index contributed by atoms with van der Waals surface area (Å²) in [5, 5.41) is 18.5. The molecule has 102 valence electrons. The largest absolute Gasteiger partial charge is 0.508 e. The van der Waals surface area contributed by atoms with Crippen LogP contribution >= 0.6 is 0 Å². The van der Waals surface area contributed by atoms with Crippen molar-refractivity contribution in [3.63, 3.8) is 0 Å². The predicted octanol–water partition coefficient (Wildman–Crippen LogP) is 0.524. The summed E-state index contributed by atoms with van der Waals surface area (Å²) in [6.07, 6.45) is 0.248. The Morgan fingerprint density at radius 3 is 2.84 bits per heavy atom. The van der Waals surface area contributed by atoms with E-state index in [9.17, 15) is 14.7 Å². The molecule has 1 fully saturated rings. The van der Waals surface area contributed by atoms with Crippen molar-refractivity contribution >= 4 is 17.6 Å². The number of carbonyl (C=O) groups excluding carboxylic acids is 2. The number of phenols is 1. The highest BCUT2D eigenvalue weighted by Gasteiger charge is 2.32. The SMILES string of the molecule is COC(=O)c1cc(O)ccc1N1CC(CO)CC1=O. The van der Waals surface area contributed by atoms with Gasteiger partial charge < -0.3 is 19.8 Å². The normalized spacial score (nSPS) is 18.7. The number of carbonyl (C=O) groups is 2. The first kappa shape index (κ1) is 13.4. The molecule has 0 spiro atoms. The Balaban J connectivity index is 2.39. The Morgan fingerprint density at radius 2 is 2.26 bits per heavy atom. The minimum Gasteiger partial charge on any atom is -0.508 e. The number of methoxy groups -OCH3 is 1. The summed E-state index contributed by atoms with van der Waals surface area (Å²) in [5.74, 6) is -0.984. The van der Waals surface area contributed by atoms with Crippen LogP contribution in [0, 0.1) is 5.92 Å². The van der Waals surface area contributed by atoms with Gasteiger partial charge in [-0.25, -0.2) is 4.79 Å². The molecule has 2 rings (SSSR count). The second-order valence-electron chi connectivity index (χ2n) is 4.45. The van der Waals surface area contributed by atoms with Crippen molar-refractivity contribution in [3.8, 4) is 5.75 Å². The smallest absolute Gasteiger partial charge is 0.340 e. The average molecular weight is 265 g/mol. The zero-order valence-electron chi connectivity index (χ0n) is 10.5. The van der Waals surface area contributed by atoms with Crippen LogP contribution in [0.1, 0.15) is 16.8 Å². The number of hydrogen-bond donors (Lipinski definition) is 2. The fourth-order valence-corrected chi connectivity index (χ4v) is 2.17. The van der Waals surface area contributed by atoms with Gasteiger partial charge in [-0.1, -0.05) is 0 Å². The van der Waals surface area contributed by atoms with Crippen LogP contribution in [-0.4, -0.2) is 42.4 Å². The van der Waals surface area contributed by atoms with Crippen molar-refractivity contribution in [3.05, 3.63) is 23.8 Å². The molecule has 6 heteroatoms. The number of hydrogen-bond acceptors (Lipinski definition) is 5. The van der Waals surface area contributed by atoms with Crippen LogP contribution in [-0.2, 0) is 9.53 Å². The van der Waals surface area contributed by atoms with Crippen LogP contribution in [0.5, 0.6) is 5.75 Å². The Bertz CT molecular complexity index is 514. The molecule has 2 N–H and O–H groups in total. The van der Waals surface area contributed by atoms with Gasteiger partial charge in [-0.05, 0) is 18.2 Å². The summed E-state index contributed by atoms with van der Waals surface area (Å²) in [6, 6.07) is 4.17. The van der Waals surface area contributed by atoms with Crippen LogP contribution in [0.25, 0.3) is 0 Å². The number of anilines is 1. The lowest BCUT2D eigenvalue weighted by Crippen LogP contribution is -2.27. The lowest BCUT2D eigenvalue weighted by molar-refractivity contribution is -0.117. The van der Waals surface area contributed by atoms with Crippen molar-refractivity contribution in [1.29, 1.82) is 0 Å². The first-order valence-corrected chi connectivity index (χ1v) is 5.89. The van der Waals surface area contributed by atoms with E-state index in [0.717, 1.165) is 0 Å². The second-order valence-corrected chi connectivity index (χ2v) is 4.45. The lowest BCUT2D eigenvalue weighted by Gasteiger charge is -2.19. The summed E-state index contributed by atoms with van der Waals surface area (Å²) in [4.78, 5) is 25.0. The third kappa shape index (κ3) is 2.53. The first-order chi connectivity index (χ1) is 9.06. The van der Waals surface area contributed by atoms with Gasteiger partial charge >= 0.3 is 5.97 Å². The molecule has 0 aliphatic carbocycles. The molecule has 1 aliphatic rings. The van der Waals surface area contributed by atoms with E-state index >= 15 is 0 Å².